The standard InChI is InChI=1S/C14H26N2O2S/c1-16(14-8-12-6-7-13(9-14)15-12)19(17,18)10-11-4-2-3-5-11/h11-15H,2-10H2,1H3. The zero-order chi connectivity index (χ0) is 13.5. The summed E-state index contributed by atoms with van der Waals surface area (Å²) in [5.41, 5.74) is 0. The topological polar surface area (TPSA) is 49.4 Å². The van der Waals surface area contributed by atoms with Crippen molar-refractivity contribution >= 4 is 10.0 Å². The molecule has 0 amide bonds. The van der Waals surface area contributed by atoms with Crippen molar-refractivity contribution in [2.24, 2.45) is 5.92 Å². The number of hydrogen-bond donors (Lipinski definition) is 1. The van der Waals surface area contributed by atoms with E-state index in [1.807, 2.05) is 0 Å². The zero-order valence-electron chi connectivity index (χ0n) is 11.8. The Morgan fingerprint density at radius 1 is 1.05 bits per heavy atom. The molecule has 1 N–H and O–H groups in total. The third-order valence-electron chi connectivity index (χ3n) is 5.32. The van der Waals surface area contributed by atoms with Crippen molar-refractivity contribution in [3.05, 3.63) is 0 Å². The van der Waals surface area contributed by atoms with Gasteiger partial charge in [0.1, 0.15) is 0 Å². The molecule has 3 aliphatic rings. The van der Waals surface area contributed by atoms with Gasteiger partial charge in [0.25, 0.3) is 0 Å². The van der Waals surface area contributed by atoms with Gasteiger partial charge < -0.3 is 5.32 Å². The monoisotopic (exact) mass is 286 g/mol. The molecule has 3 rings (SSSR count). The fourth-order valence-corrected chi connectivity index (χ4v) is 5.93. The van der Waals surface area contributed by atoms with Crippen LogP contribution in [0.3, 0.4) is 0 Å². The number of piperidine rings is 1. The van der Waals surface area contributed by atoms with E-state index >= 15 is 0 Å². The molecule has 4 nitrogen and oxygen atoms in total. The molecule has 5 heteroatoms. The Labute approximate surface area is 117 Å². The summed E-state index contributed by atoms with van der Waals surface area (Å²) in [6.07, 6.45) is 9.06. The number of sulfonamides is 1. The van der Waals surface area contributed by atoms with Gasteiger partial charge in [0, 0.05) is 25.2 Å². The second kappa shape index (κ2) is 5.34. The summed E-state index contributed by atoms with van der Waals surface area (Å²) in [5.74, 6) is 0.786. The molecule has 19 heavy (non-hydrogen) atoms. The van der Waals surface area contributed by atoms with E-state index in [4.69, 9.17) is 0 Å². The maximum absolute atomic E-state index is 12.5. The summed E-state index contributed by atoms with van der Waals surface area (Å²) in [6, 6.07) is 1.32. The first-order valence-corrected chi connectivity index (χ1v) is 9.37. The lowest BCUT2D eigenvalue weighted by molar-refractivity contribution is 0.250. The van der Waals surface area contributed by atoms with E-state index in [9.17, 15) is 8.42 Å². The average molecular weight is 286 g/mol. The van der Waals surface area contributed by atoms with Gasteiger partial charge in [-0.05, 0) is 44.4 Å². The van der Waals surface area contributed by atoms with Crippen molar-refractivity contribution < 1.29 is 8.42 Å². The van der Waals surface area contributed by atoms with Crippen LogP contribution in [0.4, 0.5) is 0 Å². The summed E-state index contributed by atoms with van der Waals surface area (Å²) in [6.45, 7) is 0. The van der Waals surface area contributed by atoms with Crippen LogP contribution in [0.1, 0.15) is 51.4 Å². The Balaban J connectivity index is 1.63. The van der Waals surface area contributed by atoms with Crippen molar-refractivity contribution in [1.82, 2.24) is 9.62 Å². The van der Waals surface area contributed by atoms with Gasteiger partial charge in [0.15, 0.2) is 0 Å². The molecule has 1 aliphatic carbocycles. The lowest BCUT2D eigenvalue weighted by Gasteiger charge is -2.35. The molecule has 2 unspecified atom stereocenters. The Hall–Kier alpha value is -0.130. The van der Waals surface area contributed by atoms with Crippen LogP contribution >= 0.6 is 0 Å². The summed E-state index contributed by atoms with van der Waals surface area (Å²) >= 11 is 0. The minimum Gasteiger partial charge on any atom is -0.311 e. The minimum atomic E-state index is -3.06. The largest absolute Gasteiger partial charge is 0.311 e. The zero-order valence-corrected chi connectivity index (χ0v) is 12.7. The van der Waals surface area contributed by atoms with E-state index < -0.39 is 10.0 Å². The summed E-state index contributed by atoms with van der Waals surface area (Å²) in [7, 11) is -1.25. The smallest absolute Gasteiger partial charge is 0.214 e. The highest BCUT2D eigenvalue weighted by Crippen LogP contribution is 2.32. The maximum atomic E-state index is 12.5. The Morgan fingerprint density at radius 2 is 1.63 bits per heavy atom. The molecule has 1 saturated carbocycles. The van der Waals surface area contributed by atoms with Crippen molar-refractivity contribution in [2.75, 3.05) is 12.8 Å². The summed E-state index contributed by atoms with van der Waals surface area (Å²) in [5, 5.41) is 3.58. The molecule has 0 aromatic rings. The number of hydrogen-bond acceptors (Lipinski definition) is 3. The quantitative estimate of drug-likeness (QED) is 0.856. The van der Waals surface area contributed by atoms with E-state index in [2.05, 4.69) is 5.32 Å². The molecule has 0 aromatic carbocycles. The Bertz CT molecular complexity index is 405. The first kappa shape index (κ1) is 13.8. The normalized spacial score (nSPS) is 36.2. The van der Waals surface area contributed by atoms with Gasteiger partial charge in [-0.1, -0.05) is 12.8 Å². The van der Waals surface area contributed by atoms with E-state index in [0.717, 1.165) is 25.7 Å². The highest BCUT2D eigenvalue weighted by atomic mass is 32.2. The fourth-order valence-electron chi connectivity index (χ4n) is 4.14. The number of nitrogens with one attached hydrogen (secondary N) is 1. The average Bonchev–Trinajstić information content (AvgIpc) is 2.98. The predicted octanol–water partition coefficient (Wildman–Crippen LogP) is 1.72. The first-order valence-electron chi connectivity index (χ1n) is 7.76. The van der Waals surface area contributed by atoms with Crippen LogP contribution in [0, 0.1) is 5.92 Å². The number of fused-ring (bicyclic) bond motifs is 2. The van der Waals surface area contributed by atoms with E-state index in [0.29, 0.717) is 23.8 Å². The van der Waals surface area contributed by atoms with Gasteiger partial charge in [0.2, 0.25) is 10.0 Å². The molecule has 0 spiro atoms. The summed E-state index contributed by atoms with van der Waals surface area (Å²) in [4.78, 5) is 0. The van der Waals surface area contributed by atoms with Gasteiger partial charge in [-0.3, -0.25) is 0 Å². The lowest BCUT2D eigenvalue weighted by atomic mass is 10.0. The molecule has 2 atom stereocenters. The molecule has 2 heterocycles. The van der Waals surface area contributed by atoms with E-state index in [-0.39, 0.29) is 6.04 Å². The molecule has 0 aromatic heterocycles. The van der Waals surface area contributed by atoms with Crippen LogP contribution in [0.2, 0.25) is 0 Å². The van der Waals surface area contributed by atoms with E-state index in [1.165, 1.54) is 25.7 Å². The van der Waals surface area contributed by atoms with Crippen LogP contribution in [-0.2, 0) is 10.0 Å². The SMILES string of the molecule is CN(C1CC2CCC(C1)N2)S(=O)(=O)CC1CCCC1. The highest BCUT2D eigenvalue weighted by molar-refractivity contribution is 7.89. The highest BCUT2D eigenvalue weighted by Gasteiger charge is 2.38. The predicted molar refractivity (Wildman–Crippen MR) is 76.5 cm³/mol. The molecular formula is C14H26N2O2S. The Kier molecular flexibility index (Phi) is 3.89. The van der Waals surface area contributed by atoms with Crippen molar-refractivity contribution in [1.29, 1.82) is 0 Å². The third kappa shape index (κ3) is 2.98. The van der Waals surface area contributed by atoms with E-state index in [1.54, 1.807) is 11.4 Å². The molecule has 2 saturated heterocycles. The molecule has 0 radical (unpaired) electrons. The van der Waals surface area contributed by atoms with Gasteiger partial charge in [-0.2, -0.15) is 0 Å². The molecular weight excluding hydrogens is 260 g/mol. The first-order chi connectivity index (χ1) is 9.04. The Morgan fingerprint density at radius 3 is 2.21 bits per heavy atom. The maximum Gasteiger partial charge on any atom is 0.214 e. The second-order valence-electron chi connectivity index (χ2n) is 6.71. The van der Waals surface area contributed by atoms with Gasteiger partial charge in [-0.15, -0.1) is 0 Å². The van der Waals surface area contributed by atoms with Gasteiger partial charge >= 0.3 is 0 Å². The van der Waals surface area contributed by atoms with Crippen molar-refractivity contribution in [3.8, 4) is 0 Å². The second-order valence-corrected chi connectivity index (χ2v) is 8.78. The minimum absolute atomic E-state index is 0.227. The van der Waals surface area contributed by atoms with Gasteiger partial charge in [-0.25, -0.2) is 12.7 Å². The lowest BCUT2D eigenvalue weighted by Crippen LogP contribution is -2.49. The molecule has 3 fully saturated rings. The van der Waals surface area contributed by atoms with Crippen molar-refractivity contribution in [3.63, 3.8) is 0 Å². The van der Waals surface area contributed by atoms with Crippen molar-refractivity contribution in [2.45, 2.75) is 69.5 Å². The molecule has 2 aliphatic heterocycles. The molecule has 110 valence electrons. The van der Waals surface area contributed by atoms with Crippen LogP contribution in [0.15, 0.2) is 0 Å². The van der Waals surface area contributed by atoms with Gasteiger partial charge in [0.05, 0.1) is 5.75 Å². The number of nitrogens with zero attached hydrogens (tertiary/aromatic N) is 1. The third-order valence-corrected chi connectivity index (χ3v) is 7.39. The summed E-state index contributed by atoms with van der Waals surface area (Å²) < 4.78 is 26.8. The number of rotatable bonds is 4. The van der Waals surface area contributed by atoms with Crippen LogP contribution in [0.5, 0.6) is 0 Å². The molecule has 2 bridgehead atoms. The van der Waals surface area contributed by atoms with Crippen LogP contribution < -0.4 is 5.32 Å². The van der Waals surface area contributed by atoms with Crippen LogP contribution in [0.25, 0.3) is 0 Å². The van der Waals surface area contributed by atoms with Crippen LogP contribution in [-0.4, -0.2) is 43.6 Å². The fraction of sp³-hybridized carbons (Fsp3) is 1.00.